The third kappa shape index (κ3) is 4.66. The minimum atomic E-state index is -0.444. The van der Waals surface area contributed by atoms with Crippen LogP contribution in [0.1, 0.15) is 15.9 Å². The Morgan fingerprint density at radius 2 is 1.62 bits per heavy atom. The Bertz CT molecular complexity index is 1200. The van der Waals surface area contributed by atoms with Crippen molar-refractivity contribution in [2.45, 2.75) is 0 Å². The zero-order valence-corrected chi connectivity index (χ0v) is 18.1. The summed E-state index contributed by atoms with van der Waals surface area (Å²) in [6, 6.07) is 26.2. The second-order valence-corrected chi connectivity index (χ2v) is 8.01. The molecule has 142 valence electrons. The third-order valence-electron chi connectivity index (χ3n) is 4.38. The molecule has 0 radical (unpaired) electrons. The van der Waals surface area contributed by atoms with Gasteiger partial charge in [0.25, 0.3) is 0 Å². The average molecular weight is 512 g/mol. The van der Waals surface area contributed by atoms with Crippen molar-refractivity contribution in [3.8, 4) is 5.75 Å². The van der Waals surface area contributed by atoms with Crippen LogP contribution in [0.2, 0.25) is 5.02 Å². The van der Waals surface area contributed by atoms with Gasteiger partial charge in [0.2, 0.25) is 0 Å². The molecule has 0 spiro atoms. The Kier molecular flexibility index (Phi) is 5.92. The highest BCUT2D eigenvalue weighted by atomic mass is 127. The van der Waals surface area contributed by atoms with Crippen molar-refractivity contribution in [1.29, 1.82) is 0 Å². The molecule has 0 bridgehead atoms. The first-order valence-corrected chi connectivity index (χ1v) is 10.3. The van der Waals surface area contributed by atoms with Crippen molar-refractivity contribution in [2.24, 2.45) is 4.99 Å². The van der Waals surface area contributed by atoms with Gasteiger partial charge >= 0.3 is 5.97 Å². The number of esters is 1. The molecule has 0 atom stereocenters. The van der Waals surface area contributed by atoms with Crippen molar-refractivity contribution in [2.75, 3.05) is 0 Å². The van der Waals surface area contributed by atoms with E-state index >= 15 is 0 Å². The quantitative estimate of drug-likeness (QED) is 0.127. The molecule has 5 heteroatoms. The van der Waals surface area contributed by atoms with Crippen molar-refractivity contribution in [3.63, 3.8) is 0 Å². The number of carbonyl (C=O) groups excluding carboxylic acids is 1. The first kappa shape index (κ1) is 19.6. The summed E-state index contributed by atoms with van der Waals surface area (Å²) in [5, 5.41) is 2.57. The van der Waals surface area contributed by atoms with E-state index in [2.05, 4.69) is 27.6 Å². The smallest absolute Gasteiger partial charge is 0.343 e. The van der Waals surface area contributed by atoms with Crippen LogP contribution in [0, 0.1) is 3.57 Å². The fourth-order valence-corrected chi connectivity index (χ4v) is 3.39. The highest BCUT2D eigenvalue weighted by Gasteiger charge is 2.13. The number of rotatable bonds is 4. The van der Waals surface area contributed by atoms with Crippen molar-refractivity contribution < 1.29 is 9.53 Å². The van der Waals surface area contributed by atoms with Gasteiger partial charge in [-0.2, -0.15) is 0 Å². The van der Waals surface area contributed by atoms with Crippen molar-refractivity contribution >= 4 is 62.8 Å². The molecule has 29 heavy (non-hydrogen) atoms. The number of aliphatic imine (C=N–C) groups is 1. The Morgan fingerprint density at radius 3 is 2.38 bits per heavy atom. The van der Waals surface area contributed by atoms with Gasteiger partial charge in [0, 0.05) is 20.4 Å². The maximum absolute atomic E-state index is 12.6. The zero-order chi connectivity index (χ0) is 20.2. The summed E-state index contributed by atoms with van der Waals surface area (Å²) < 4.78 is 6.86. The maximum Gasteiger partial charge on any atom is 0.343 e. The van der Waals surface area contributed by atoms with E-state index in [1.54, 1.807) is 36.5 Å². The summed E-state index contributed by atoms with van der Waals surface area (Å²) >= 11 is 8.16. The van der Waals surface area contributed by atoms with Crippen LogP contribution in [0.4, 0.5) is 5.69 Å². The molecule has 0 aromatic heterocycles. The van der Waals surface area contributed by atoms with Crippen molar-refractivity contribution in [1.82, 2.24) is 0 Å². The van der Waals surface area contributed by atoms with Crippen LogP contribution in [-0.4, -0.2) is 12.2 Å². The van der Waals surface area contributed by atoms with Gasteiger partial charge in [-0.1, -0.05) is 41.9 Å². The van der Waals surface area contributed by atoms with E-state index in [4.69, 9.17) is 16.3 Å². The predicted octanol–water partition coefficient (Wildman–Crippen LogP) is 7.07. The molecule has 0 heterocycles. The van der Waals surface area contributed by atoms with Crippen LogP contribution in [0.15, 0.2) is 89.9 Å². The van der Waals surface area contributed by atoms with Crippen LogP contribution >= 0.6 is 34.2 Å². The van der Waals surface area contributed by atoms with E-state index in [1.807, 2.05) is 54.6 Å². The van der Waals surface area contributed by atoms with E-state index in [1.165, 1.54) is 0 Å². The molecule has 4 aromatic rings. The lowest BCUT2D eigenvalue weighted by atomic mass is 10.0. The molecular formula is C24H15ClINO2. The molecule has 0 aliphatic rings. The minimum Gasteiger partial charge on any atom is -0.422 e. The molecule has 4 aromatic carbocycles. The number of hydrogen-bond donors (Lipinski definition) is 0. The molecule has 0 fully saturated rings. The van der Waals surface area contributed by atoms with E-state index in [0.717, 1.165) is 25.6 Å². The largest absolute Gasteiger partial charge is 0.422 e. The summed E-state index contributed by atoms with van der Waals surface area (Å²) in [6.45, 7) is 0. The summed E-state index contributed by atoms with van der Waals surface area (Å²) in [4.78, 5) is 17.2. The Morgan fingerprint density at radius 1 is 0.897 bits per heavy atom. The molecule has 3 nitrogen and oxygen atoms in total. The van der Waals surface area contributed by atoms with Gasteiger partial charge in [-0.25, -0.2) is 4.79 Å². The first-order chi connectivity index (χ1) is 14.1. The molecule has 0 saturated heterocycles. The highest BCUT2D eigenvalue weighted by Crippen LogP contribution is 2.28. The zero-order valence-electron chi connectivity index (χ0n) is 15.2. The van der Waals surface area contributed by atoms with E-state index in [0.29, 0.717) is 16.3 Å². The normalized spacial score (nSPS) is 11.1. The number of benzene rings is 4. The topological polar surface area (TPSA) is 38.7 Å². The summed E-state index contributed by atoms with van der Waals surface area (Å²) in [7, 11) is 0. The van der Waals surface area contributed by atoms with E-state index < -0.39 is 5.97 Å². The minimum absolute atomic E-state index is 0.433. The van der Waals surface area contributed by atoms with Crippen LogP contribution in [0.25, 0.3) is 10.8 Å². The molecule has 0 aliphatic carbocycles. The Labute approximate surface area is 187 Å². The molecule has 0 N–H and O–H groups in total. The molecule has 4 rings (SSSR count). The van der Waals surface area contributed by atoms with E-state index in [9.17, 15) is 4.79 Å². The second kappa shape index (κ2) is 8.76. The van der Waals surface area contributed by atoms with Gasteiger partial charge in [0.1, 0.15) is 5.75 Å². The van der Waals surface area contributed by atoms with Gasteiger partial charge in [-0.3, -0.25) is 4.99 Å². The standard InChI is InChI=1S/C24H15ClINO2/c25-18-8-5-17(6-9-18)24(28)29-23-14-7-16-3-1-2-4-21(16)22(23)15-27-20-12-10-19(26)11-13-20/h1-15H. The summed E-state index contributed by atoms with van der Waals surface area (Å²) in [5.41, 5.74) is 2.01. The van der Waals surface area contributed by atoms with Crippen LogP contribution in [0.3, 0.4) is 0 Å². The maximum atomic E-state index is 12.6. The monoisotopic (exact) mass is 511 g/mol. The number of halogens is 2. The van der Waals surface area contributed by atoms with Crippen LogP contribution < -0.4 is 4.74 Å². The van der Waals surface area contributed by atoms with Gasteiger partial charge in [0.05, 0.1) is 11.3 Å². The summed E-state index contributed by atoms with van der Waals surface area (Å²) in [5.74, 6) is 0.0128. The fraction of sp³-hybridized carbons (Fsp3) is 0. The number of hydrogen-bond acceptors (Lipinski definition) is 3. The van der Waals surface area contributed by atoms with Gasteiger partial charge in [0.15, 0.2) is 0 Å². The average Bonchev–Trinajstić information content (AvgIpc) is 2.74. The number of fused-ring (bicyclic) bond motifs is 1. The van der Waals surface area contributed by atoms with E-state index in [-0.39, 0.29) is 0 Å². The highest BCUT2D eigenvalue weighted by molar-refractivity contribution is 14.1. The lowest BCUT2D eigenvalue weighted by Gasteiger charge is -2.10. The first-order valence-electron chi connectivity index (χ1n) is 8.89. The SMILES string of the molecule is O=C(Oc1ccc2ccccc2c1C=Nc1ccc(I)cc1)c1ccc(Cl)cc1. The Hall–Kier alpha value is -2.70. The van der Waals surface area contributed by atoms with Crippen molar-refractivity contribution in [3.05, 3.63) is 105 Å². The van der Waals surface area contributed by atoms with Gasteiger partial charge in [-0.05, 0) is 88.0 Å². The lowest BCUT2D eigenvalue weighted by molar-refractivity contribution is 0.0735. The molecule has 0 unspecified atom stereocenters. The predicted molar refractivity (Wildman–Crippen MR) is 127 cm³/mol. The number of carbonyl (C=O) groups is 1. The van der Waals surface area contributed by atoms with Gasteiger partial charge < -0.3 is 4.74 Å². The second-order valence-electron chi connectivity index (χ2n) is 6.33. The molecular weight excluding hydrogens is 497 g/mol. The summed E-state index contributed by atoms with van der Waals surface area (Å²) in [6.07, 6.45) is 1.75. The third-order valence-corrected chi connectivity index (χ3v) is 5.35. The number of ether oxygens (including phenoxy) is 1. The Balaban J connectivity index is 1.73. The fourth-order valence-electron chi connectivity index (χ4n) is 2.91. The number of nitrogens with zero attached hydrogens (tertiary/aromatic N) is 1. The molecule has 0 aliphatic heterocycles. The van der Waals surface area contributed by atoms with Gasteiger partial charge in [-0.15, -0.1) is 0 Å². The van der Waals surface area contributed by atoms with Crippen LogP contribution in [-0.2, 0) is 0 Å². The lowest BCUT2D eigenvalue weighted by Crippen LogP contribution is -2.09. The molecule has 0 amide bonds. The van der Waals surface area contributed by atoms with Crippen LogP contribution in [0.5, 0.6) is 5.75 Å². The molecule has 0 saturated carbocycles.